The number of nitrogens with one attached hydrogen (secondary N) is 1. The quantitative estimate of drug-likeness (QED) is 0.643. The fourth-order valence-electron chi connectivity index (χ4n) is 3.03. The first-order chi connectivity index (χ1) is 11.4. The first-order valence-electron chi connectivity index (χ1n) is 7.76. The van der Waals surface area contributed by atoms with Crippen LogP contribution in [0.1, 0.15) is 23.3 Å². The Bertz CT molecular complexity index is 790. The molecule has 10 heteroatoms. The van der Waals surface area contributed by atoms with Crippen molar-refractivity contribution in [1.29, 1.82) is 0 Å². The standard InChI is InChI=1S/C14H20N6O3S/c1-3-19-8(2)16-12(11(13(19)21)20(22)23)18-6-4-9-10(5-7-18)24-14(15)17-9/h20,22H,3-7H2,1-2H3,(H2,15,17). The topological polar surface area (TPSA) is 125 Å². The van der Waals surface area contributed by atoms with Gasteiger partial charge in [0.1, 0.15) is 5.82 Å². The van der Waals surface area contributed by atoms with Crippen molar-refractivity contribution in [3.8, 4) is 0 Å². The van der Waals surface area contributed by atoms with E-state index in [1.807, 2.05) is 4.90 Å². The zero-order chi connectivity index (χ0) is 17.4. The number of anilines is 2. The van der Waals surface area contributed by atoms with Crippen molar-refractivity contribution in [3.05, 3.63) is 32.0 Å². The van der Waals surface area contributed by atoms with Crippen LogP contribution in [0, 0.1) is 12.1 Å². The fraction of sp³-hybridized carbons (Fsp3) is 0.500. The van der Waals surface area contributed by atoms with Crippen LogP contribution in [0.3, 0.4) is 0 Å². The van der Waals surface area contributed by atoms with Gasteiger partial charge >= 0.3 is 5.56 Å². The van der Waals surface area contributed by atoms with Crippen LogP contribution >= 0.6 is 11.3 Å². The van der Waals surface area contributed by atoms with Crippen LogP contribution in [0.25, 0.3) is 0 Å². The number of hydrogen-bond donors (Lipinski definition) is 3. The number of aromatic nitrogens is 3. The lowest BCUT2D eigenvalue weighted by molar-refractivity contribution is -0.991. The molecule has 0 bridgehead atoms. The highest BCUT2D eigenvalue weighted by atomic mass is 32.1. The molecule has 1 aliphatic rings. The summed E-state index contributed by atoms with van der Waals surface area (Å²) in [5.41, 5.74) is 5.94. The molecule has 0 aliphatic carbocycles. The van der Waals surface area contributed by atoms with Gasteiger partial charge < -0.3 is 15.8 Å². The van der Waals surface area contributed by atoms with Crippen LogP contribution < -0.4 is 21.4 Å². The van der Waals surface area contributed by atoms with Gasteiger partial charge in [-0.2, -0.15) is 5.23 Å². The molecule has 2 aromatic rings. The van der Waals surface area contributed by atoms with Crippen LogP contribution in [0.4, 0.5) is 16.6 Å². The number of aryl methyl sites for hydroxylation is 1. The first kappa shape index (κ1) is 16.8. The van der Waals surface area contributed by atoms with Crippen molar-refractivity contribution >= 4 is 28.0 Å². The van der Waals surface area contributed by atoms with Gasteiger partial charge in [-0.1, -0.05) is 0 Å². The average Bonchev–Trinajstić information content (AvgIpc) is 2.75. The van der Waals surface area contributed by atoms with E-state index in [0.717, 1.165) is 10.6 Å². The van der Waals surface area contributed by atoms with Crippen molar-refractivity contribution in [2.45, 2.75) is 33.2 Å². The Balaban J connectivity index is 2.00. The number of fused-ring (bicyclic) bond motifs is 1. The Morgan fingerprint density at radius 1 is 1.38 bits per heavy atom. The third-order valence-electron chi connectivity index (χ3n) is 4.19. The first-order valence-corrected chi connectivity index (χ1v) is 8.57. The Morgan fingerprint density at radius 3 is 2.75 bits per heavy atom. The molecule has 0 spiro atoms. The predicted octanol–water partition coefficient (Wildman–Crippen LogP) is -0.381. The highest BCUT2D eigenvalue weighted by molar-refractivity contribution is 7.15. The highest BCUT2D eigenvalue weighted by Crippen LogP contribution is 2.27. The normalized spacial score (nSPS) is 15.9. The molecule has 0 amide bonds. The molecule has 3 heterocycles. The lowest BCUT2D eigenvalue weighted by atomic mass is 10.2. The predicted molar refractivity (Wildman–Crippen MR) is 90.8 cm³/mol. The van der Waals surface area contributed by atoms with Gasteiger partial charge in [0.05, 0.1) is 5.69 Å². The summed E-state index contributed by atoms with van der Waals surface area (Å²) in [5, 5.41) is 20.5. The number of nitrogens with two attached hydrogens (primary N) is 1. The van der Waals surface area contributed by atoms with Crippen LogP contribution in [-0.4, -0.2) is 32.8 Å². The maximum absolute atomic E-state index is 12.5. The van der Waals surface area contributed by atoms with E-state index in [1.165, 1.54) is 15.9 Å². The number of quaternary nitrogens is 1. The maximum atomic E-state index is 12.5. The number of hydrogen-bond acceptors (Lipinski definition) is 8. The minimum Gasteiger partial charge on any atom is -0.595 e. The molecule has 24 heavy (non-hydrogen) atoms. The van der Waals surface area contributed by atoms with Crippen LogP contribution in [0.2, 0.25) is 0 Å². The fourth-order valence-corrected chi connectivity index (χ4v) is 3.90. The molecule has 4 N–H and O–H groups in total. The summed E-state index contributed by atoms with van der Waals surface area (Å²) < 4.78 is 1.38. The molecule has 1 unspecified atom stereocenters. The second-order valence-corrected chi connectivity index (χ2v) is 6.74. The molecule has 1 atom stereocenters. The van der Waals surface area contributed by atoms with Crippen molar-refractivity contribution in [1.82, 2.24) is 14.5 Å². The van der Waals surface area contributed by atoms with Gasteiger partial charge in [0.2, 0.25) is 5.82 Å². The summed E-state index contributed by atoms with van der Waals surface area (Å²) in [6.07, 6.45) is 1.36. The summed E-state index contributed by atoms with van der Waals surface area (Å²) in [4.78, 5) is 24.2. The van der Waals surface area contributed by atoms with E-state index in [9.17, 15) is 15.2 Å². The number of rotatable bonds is 3. The SMILES string of the molecule is CCn1c(C)nc(N2CCc3nc(N)sc3CC2)c([NH+]([O-])O)c1=O. The number of thiazole rings is 1. The summed E-state index contributed by atoms with van der Waals surface area (Å²) in [7, 11) is 0. The second kappa shape index (κ2) is 6.48. The molecule has 2 aromatic heterocycles. The minimum atomic E-state index is -1.24. The van der Waals surface area contributed by atoms with Gasteiger partial charge in [-0.05, 0) is 13.8 Å². The molecular weight excluding hydrogens is 332 g/mol. The molecule has 1 aliphatic heterocycles. The molecule has 0 saturated heterocycles. The van der Waals surface area contributed by atoms with Crippen LogP contribution in [-0.2, 0) is 19.4 Å². The highest BCUT2D eigenvalue weighted by Gasteiger charge is 2.27. The van der Waals surface area contributed by atoms with E-state index in [1.54, 1.807) is 13.8 Å². The molecule has 0 aromatic carbocycles. The minimum absolute atomic E-state index is 0.248. The maximum Gasteiger partial charge on any atom is 0.320 e. The average molecular weight is 352 g/mol. The Hall–Kier alpha value is -2.01. The smallest absolute Gasteiger partial charge is 0.320 e. The van der Waals surface area contributed by atoms with Crippen LogP contribution in [0.15, 0.2) is 4.79 Å². The van der Waals surface area contributed by atoms with Gasteiger partial charge in [0, 0.05) is 37.4 Å². The van der Waals surface area contributed by atoms with Crippen molar-refractivity contribution in [2.75, 3.05) is 23.7 Å². The van der Waals surface area contributed by atoms with Gasteiger partial charge in [-0.15, -0.1) is 11.3 Å². The Kier molecular flexibility index (Phi) is 4.54. The molecule has 3 rings (SSSR count). The second-order valence-electron chi connectivity index (χ2n) is 5.62. The van der Waals surface area contributed by atoms with E-state index >= 15 is 0 Å². The number of nitrogens with zero attached hydrogens (tertiary/aromatic N) is 4. The van der Waals surface area contributed by atoms with Gasteiger partial charge in [0.25, 0.3) is 5.69 Å². The molecule has 0 fully saturated rings. The van der Waals surface area contributed by atoms with E-state index in [2.05, 4.69) is 9.97 Å². The van der Waals surface area contributed by atoms with Crippen molar-refractivity contribution in [2.24, 2.45) is 0 Å². The Morgan fingerprint density at radius 2 is 2.08 bits per heavy atom. The Labute approximate surface area is 142 Å². The lowest BCUT2D eigenvalue weighted by Crippen LogP contribution is -3.00. The molecular formula is C14H20N6O3S. The molecule has 130 valence electrons. The van der Waals surface area contributed by atoms with Crippen LogP contribution in [0.5, 0.6) is 0 Å². The van der Waals surface area contributed by atoms with Crippen molar-refractivity contribution < 1.29 is 10.4 Å². The third kappa shape index (κ3) is 2.88. The summed E-state index contributed by atoms with van der Waals surface area (Å²) in [6.45, 7) is 5.03. The van der Waals surface area contributed by atoms with E-state index in [4.69, 9.17) is 5.73 Å². The molecule has 9 nitrogen and oxygen atoms in total. The van der Waals surface area contributed by atoms with E-state index < -0.39 is 10.8 Å². The molecule has 0 saturated carbocycles. The molecule has 0 radical (unpaired) electrons. The van der Waals surface area contributed by atoms with Gasteiger partial charge in [-0.25, -0.2) is 15.2 Å². The zero-order valence-electron chi connectivity index (χ0n) is 13.6. The summed E-state index contributed by atoms with van der Waals surface area (Å²) >= 11 is 1.46. The lowest BCUT2D eigenvalue weighted by Gasteiger charge is -2.25. The van der Waals surface area contributed by atoms with E-state index in [-0.39, 0.29) is 11.5 Å². The largest absolute Gasteiger partial charge is 0.595 e. The van der Waals surface area contributed by atoms with Gasteiger partial charge in [-0.3, -0.25) is 9.36 Å². The summed E-state index contributed by atoms with van der Waals surface area (Å²) in [5.74, 6) is 0.765. The monoisotopic (exact) mass is 352 g/mol. The van der Waals surface area contributed by atoms with E-state index in [0.29, 0.717) is 43.4 Å². The third-order valence-corrected chi connectivity index (χ3v) is 5.18. The van der Waals surface area contributed by atoms with Crippen molar-refractivity contribution in [3.63, 3.8) is 0 Å². The number of nitrogen functional groups attached to an aromatic ring is 1. The summed E-state index contributed by atoms with van der Waals surface area (Å²) in [6, 6.07) is 0. The zero-order valence-corrected chi connectivity index (χ0v) is 14.4. The van der Waals surface area contributed by atoms with Gasteiger partial charge in [0.15, 0.2) is 5.13 Å².